The van der Waals surface area contributed by atoms with Gasteiger partial charge >= 0.3 is 6.03 Å². The van der Waals surface area contributed by atoms with Crippen molar-refractivity contribution in [3.8, 4) is 5.75 Å². The van der Waals surface area contributed by atoms with Crippen molar-refractivity contribution >= 4 is 41.2 Å². The van der Waals surface area contributed by atoms with Crippen molar-refractivity contribution in [2.45, 2.75) is 40.2 Å². The Morgan fingerprint density at radius 2 is 1.83 bits per heavy atom. The summed E-state index contributed by atoms with van der Waals surface area (Å²) >= 11 is 6.30. The van der Waals surface area contributed by atoms with E-state index >= 15 is 0 Å². The Labute approximate surface area is 180 Å². The van der Waals surface area contributed by atoms with Gasteiger partial charge in [0.1, 0.15) is 11.3 Å². The lowest BCUT2D eigenvalue weighted by Gasteiger charge is -2.26. The molecule has 0 spiro atoms. The SMILES string of the molecule is CCC(C)Oc1ccc(C=C2C(=O)NC(=O)N(c3ccc(C)c(C)c3)C2=O)cc1Cl. The molecule has 1 heterocycles. The fourth-order valence-corrected chi connectivity index (χ4v) is 3.16. The third-order valence-corrected chi connectivity index (χ3v) is 5.32. The van der Waals surface area contributed by atoms with Crippen LogP contribution in [0.15, 0.2) is 42.0 Å². The monoisotopic (exact) mass is 426 g/mol. The van der Waals surface area contributed by atoms with E-state index in [1.807, 2.05) is 33.8 Å². The van der Waals surface area contributed by atoms with Gasteiger partial charge in [0.05, 0.1) is 16.8 Å². The molecule has 2 aromatic carbocycles. The number of urea groups is 1. The number of hydrogen-bond donors (Lipinski definition) is 1. The van der Waals surface area contributed by atoms with E-state index in [0.29, 0.717) is 22.0 Å². The van der Waals surface area contributed by atoms with Crippen LogP contribution in [0.1, 0.15) is 37.0 Å². The highest BCUT2D eigenvalue weighted by Crippen LogP contribution is 2.29. The Balaban J connectivity index is 1.94. The van der Waals surface area contributed by atoms with Crippen molar-refractivity contribution in [1.29, 1.82) is 0 Å². The second kappa shape index (κ2) is 8.71. The summed E-state index contributed by atoms with van der Waals surface area (Å²) in [4.78, 5) is 38.7. The van der Waals surface area contributed by atoms with Gasteiger partial charge in [-0.1, -0.05) is 30.7 Å². The lowest BCUT2D eigenvalue weighted by molar-refractivity contribution is -0.122. The molecule has 0 radical (unpaired) electrons. The van der Waals surface area contributed by atoms with Gasteiger partial charge in [-0.25, -0.2) is 9.69 Å². The second-order valence-corrected chi connectivity index (χ2v) is 7.66. The zero-order valence-electron chi connectivity index (χ0n) is 17.3. The molecule has 1 saturated heterocycles. The number of carbonyl (C=O) groups excluding carboxylic acids is 3. The first-order valence-corrected chi connectivity index (χ1v) is 10.0. The molecule has 7 heteroatoms. The molecule has 1 aliphatic rings. The molecule has 6 nitrogen and oxygen atoms in total. The maximum Gasteiger partial charge on any atom is 0.335 e. The molecule has 1 aliphatic heterocycles. The highest BCUT2D eigenvalue weighted by molar-refractivity contribution is 6.39. The van der Waals surface area contributed by atoms with Gasteiger partial charge in [-0.05, 0) is 74.2 Å². The van der Waals surface area contributed by atoms with Crippen LogP contribution in [0.4, 0.5) is 10.5 Å². The average Bonchev–Trinajstić information content (AvgIpc) is 2.69. The number of aryl methyl sites for hydroxylation is 2. The minimum absolute atomic E-state index is 0.00920. The summed E-state index contributed by atoms with van der Waals surface area (Å²) < 4.78 is 5.74. The number of amides is 4. The highest BCUT2D eigenvalue weighted by Gasteiger charge is 2.36. The number of rotatable bonds is 5. The van der Waals surface area contributed by atoms with Crippen LogP contribution in [0.25, 0.3) is 6.08 Å². The zero-order chi connectivity index (χ0) is 22.0. The first-order chi connectivity index (χ1) is 14.2. The quantitative estimate of drug-likeness (QED) is 0.550. The first kappa shape index (κ1) is 21.6. The molecular weight excluding hydrogens is 404 g/mol. The molecule has 1 N–H and O–H groups in total. The van der Waals surface area contributed by atoms with E-state index in [1.54, 1.807) is 30.3 Å². The fraction of sp³-hybridized carbons (Fsp3) is 0.261. The van der Waals surface area contributed by atoms with Gasteiger partial charge in [-0.2, -0.15) is 0 Å². The van der Waals surface area contributed by atoms with Gasteiger partial charge in [0.25, 0.3) is 11.8 Å². The number of ether oxygens (including phenoxy) is 1. The molecule has 2 aromatic rings. The molecule has 156 valence electrons. The molecule has 1 unspecified atom stereocenters. The number of nitrogens with one attached hydrogen (secondary N) is 1. The Kier molecular flexibility index (Phi) is 6.27. The van der Waals surface area contributed by atoms with E-state index in [-0.39, 0.29) is 11.7 Å². The number of imide groups is 2. The average molecular weight is 427 g/mol. The van der Waals surface area contributed by atoms with Crippen molar-refractivity contribution in [3.63, 3.8) is 0 Å². The van der Waals surface area contributed by atoms with Gasteiger partial charge in [-0.15, -0.1) is 0 Å². The van der Waals surface area contributed by atoms with E-state index in [4.69, 9.17) is 16.3 Å². The molecule has 3 rings (SSSR count). The second-order valence-electron chi connectivity index (χ2n) is 7.25. The summed E-state index contributed by atoms with van der Waals surface area (Å²) in [6, 6.07) is 9.46. The highest BCUT2D eigenvalue weighted by atomic mass is 35.5. The van der Waals surface area contributed by atoms with Crippen molar-refractivity contribution in [2.24, 2.45) is 0 Å². The van der Waals surface area contributed by atoms with Crippen LogP contribution in [-0.2, 0) is 9.59 Å². The molecule has 0 saturated carbocycles. The lowest BCUT2D eigenvalue weighted by atomic mass is 10.0. The zero-order valence-corrected chi connectivity index (χ0v) is 18.0. The summed E-state index contributed by atoms with van der Waals surface area (Å²) in [5.41, 5.74) is 2.75. The number of carbonyl (C=O) groups is 3. The number of halogens is 1. The first-order valence-electron chi connectivity index (χ1n) is 9.66. The van der Waals surface area contributed by atoms with Gasteiger partial charge in [0.15, 0.2) is 0 Å². The smallest absolute Gasteiger partial charge is 0.335 e. The number of anilines is 1. The van der Waals surface area contributed by atoms with E-state index in [2.05, 4.69) is 5.32 Å². The van der Waals surface area contributed by atoms with Crippen LogP contribution in [0, 0.1) is 13.8 Å². The molecule has 1 fully saturated rings. The third kappa shape index (κ3) is 4.39. The standard InChI is InChI=1S/C23H23ClN2O4/c1-5-15(4)30-20-9-7-16(12-19(20)24)11-18-21(27)25-23(29)26(22(18)28)17-8-6-13(2)14(3)10-17/h6-12,15H,5H2,1-4H3,(H,25,27,29). The van der Waals surface area contributed by atoms with E-state index in [1.165, 1.54) is 6.08 Å². The minimum atomic E-state index is -0.777. The minimum Gasteiger partial charge on any atom is -0.489 e. The lowest BCUT2D eigenvalue weighted by Crippen LogP contribution is -2.54. The Morgan fingerprint density at radius 1 is 1.10 bits per heavy atom. The summed E-state index contributed by atoms with van der Waals surface area (Å²) in [5.74, 6) is -0.913. The van der Waals surface area contributed by atoms with Crippen molar-refractivity contribution in [2.75, 3.05) is 4.90 Å². The van der Waals surface area contributed by atoms with Gasteiger partial charge in [0.2, 0.25) is 0 Å². The van der Waals surface area contributed by atoms with E-state index < -0.39 is 17.8 Å². The summed E-state index contributed by atoms with van der Waals surface area (Å²) in [7, 11) is 0. The number of nitrogens with zero attached hydrogens (tertiary/aromatic N) is 1. The third-order valence-electron chi connectivity index (χ3n) is 5.02. The molecular formula is C23H23ClN2O4. The topological polar surface area (TPSA) is 75.7 Å². The summed E-state index contributed by atoms with van der Waals surface area (Å²) in [5, 5.41) is 2.59. The molecule has 1 atom stereocenters. The predicted molar refractivity (Wildman–Crippen MR) is 117 cm³/mol. The molecule has 4 amide bonds. The van der Waals surface area contributed by atoms with E-state index in [9.17, 15) is 14.4 Å². The van der Waals surface area contributed by atoms with Crippen molar-refractivity contribution in [3.05, 3.63) is 63.7 Å². The van der Waals surface area contributed by atoms with Gasteiger partial charge < -0.3 is 4.74 Å². The Hall–Kier alpha value is -3.12. The fourth-order valence-electron chi connectivity index (χ4n) is 2.93. The maximum absolute atomic E-state index is 13.0. The normalized spacial score (nSPS) is 16.6. The summed E-state index contributed by atoms with van der Waals surface area (Å²) in [6.45, 7) is 7.77. The Bertz CT molecular complexity index is 1060. The van der Waals surface area contributed by atoms with Crippen LogP contribution in [0.3, 0.4) is 0 Å². The van der Waals surface area contributed by atoms with Crippen LogP contribution < -0.4 is 15.0 Å². The molecule has 0 bridgehead atoms. The largest absolute Gasteiger partial charge is 0.489 e. The molecule has 30 heavy (non-hydrogen) atoms. The number of barbiturate groups is 1. The molecule has 0 aliphatic carbocycles. The van der Waals surface area contributed by atoms with Crippen LogP contribution >= 0.6 is 11.6 Å². The Morgan fingerprint density at radius 3 is 2.47 bits per heavy atom. The summed E-state index contributed by atoms with van der Waals surface area (Å²) in [6.07, 6.45) is 2.26. The van der Waals surface area contributed by atoms with Crippen molar-refractivity contribution in [1.82, 2.24) is 5.32 Å². The van der Waals surface area contributed by atoms with Gasteiger partial charge in [-0.3, -0.25) is 14.9 Å². The van der Waals surface area contributed by atoms with Crippen LogP contribution in [-0.4, -0.2) is 23.9 Å². The maximum atomic E-state index is 13.0. The number of hydrogen-bond acceptors (Lipinski definition) is 4. The van der Waals surface area contributed by atoms with Crippen LogP contribution in [0.2, 0.25) is 5.02 Å². The molecule has 0 aromatic heterocycles. The van der Waals surface area contributed by atoms with E-state index in [0.717, 1.165) is 22.4 Å². The van der Waals surface area contributed by atoms with Gasteiger partial charge in [0, 0.05) is 0 Å². The van der Waals surface area contributed by atoms with Crippen LogP contribution in [0.5, 0.6) is 5.75 Å². The van der Waals surface area contributed by atoms with Crippen molar-refractivity contribution < 1.29 is 19.1 Å². The number of benzene rings is 2. The predicted octanol–water partition coefficient (Wildman–Crippen LogP) is 4.80.